The summed E-state index contributed by atoms with van der Waals surface area (Å²) in [5, 5.41) is 9.00. The molecule has 0 saturated heterocycles. The van der Waals surface area contributed by atoms with Crippen molar-refractivity contribution in [2.45, 2.75) is 34.2 Å². The second-order valence-corrected chi connectivity index (χ2v) is 7.24. The Labute approximate surface area is 168 Å². The first-order valence-electron chi connectivity index (χ1n) is 9.42. The Bertz CT molecular complexity index is 1210. The number of rotatable bonds is 4. The van der Waals surface area contributed by atoms with Gasteiger partial charge in [0.25, 0.3) is 11.7 Å². The van der Waals surface area contributed by atoms with E-state index in [0.717, 1.165) is 34.0 Å². The third-order valence-corrected chi connectivity index (χ3v) is 4.99. The van der Waals surface area contributed by atoms with Gasteiger partial charge in [-0.05, 0) is 45.9 Å². The summed E-state index contributed by atoms with van der Waals surface area (Å²) >= 11 is 0. The van der Waals surface area contributed by atoms with Crippen LogP contribution in [-0.2, 0) is 6.54 Å². The fraction of sp³-hybridized carbons (Fsp3) is 0.286. The smallest absolute Gasteiger partial charge is 0.293 e. The van der Waals surface area contributed by atoms with Gasteiger partial charge >= 0.3 is 0 Å². The zero-order chi connectivity index (χ0) is 20.7. The summed E-state index contributed by atoms with van der Waals surface area (Å²) in [6.07, 6.45) is 0. The number of nitrogens with zero attached hydrogens (tertiary/aromatic N) is 7. The SMILES string of the molecule is Cc1cc(C)n2nc(C(=O)N(C)Cc3c(C)nn(-c4ccccc4)c3C)nc2n1. The van der Waals surface area contributed by atoms with E-state index in [0.29, 0.717) is 12.3 Å². The molecule has 0 atom stereocenters. The molecular formula is C21H23N7O. The van der Waals surface area contributed by atoms with Gasteiger partial charge in [0.15, 0.2) is 0 Å². The summed E-state index contributed by atoms with van der Waals surface area (Å²) in [4.78, 5) is 23.2. The van der Waals surface area contributed by atoms with Gasteiger partial charge < -0.3 is 4.90 Å². The summed E-state index contributed by atoms with van der Waals surface area (Å²) in [6, 6.07) is 11.9. The Morgan fingerprint density at radius 1 is 1.03 bits per heavy atom. The third-order valence-electron chi connectivity index (χ3n) is 4.99. The van der Waals surface area contributed by atoms with E-state index in [4.69, 9.17) is 0 Å². The number of hydrogen-bond acceptors (Lipinski definition) is 5. The van der Waals surface area contributed by atoms with Gasteiger partial charge in [0.2, 0.25) is 5.82 Å². The van der Waals surface area contributed by atoms with E-state index < -0.39 is 0 Å². The van der Waals surface area contributed by atoms with Crippen LogP contribution in [0.3, 0.4) is 0 Å². The Balaban J connectivity index is 1.61. The van der Waals surface area contributed by atoms with Crippen molar-refractivity contribution >= 4 is 11.7 Å². The number of benzene rings is 1. The molecule has 29 heavy (non-hydrogen) atoms. The highest BCUT2D eigenvalue weighted by molar-refractivity contribution is 5.90. The van der Waals surface area contributed by atoms with Crippen molar-refractivity contribution in [3.63, 3.8) is 0 Å². The van der Waals surface area contributed by atoms with Crippen LogP contribution in [0.2, 0.25) is 0 Å². The van der Waals surface area contributed by atoms with Gasteiger partial charge in [0, 0.05) is 36.2 Å². The maximum atomic E-state index is 12.9. The number of aryl methyl sites for hydroxylation is 3. The van der Waals surface area contributed by atoms with Crippen LogP contribution >= 0.6 is 0 Å². The number of carbonyl (C=O) groups excluding carboxylic acids is 1. The molecule has 0 spiro atoms. The highest BCUT2D eigenvalue weighted by Gasteiger charge is 2.22. The predicted molar refractivity (Wildman–Crippen MR) is 109 cm³/mol. The highest BCUT2D eigenvalue weighted by atomic mass is 16.2. The van der Waals surface area contributed by atoms with Crippen LogP contribution in [0.4, 0.5) is 0 Å². The van der Waals surface area contributed by atoms with Gasteiger partial charge in [-0.1, -0.05) is 18.2 Å². The topological polar surface area (TPSA) is 81.2 Å². The first kappa shape index (κ1) is 18.8. The van der Waals surface area contributed by atoms with Crippen LogP contribution in [0, 0.1) is 27.7 Å². The normalized spacial score (nSPS) is 11.2. The lowest BCUT2D eigenvalue weighted by Gasteiger charge is -2.15. The summed E-state index contributed by atoms with van der Waals surface area (Å²) in [7, 11) is 1.75. The molecule has 8 heteroatoms. The first-order chi connectivity index (χ1) is 13.8. The first-order valence-corrected chi connectivity index (χ1v) is 9.42. The maximum absolute atomic E-state index is 12.9. The van der Waals surface area contributed by atoms with Crippen molar-refractivity contribution in [1.29, 1.82) is 0 Å². The number of carbonyl (C=O) groups is 1. The molecule has 3 heterocycles. The van der Waals surface area contributed by atoms with Crippen molar-refractivity contribution in [1.82, 2.24) is 34.3 Å². The fourth-order valence-corrected chi connectivity index (χ4v) is 3.46. The number of hydrogen-bond donors (Lipinski definition) is 0. The average molecular weight is 389 g/mol. The van der Waals surface area contributed by atoms with Gasteiger partial charge in [-0.15, -0.1) is 5.10 Å². The zero-order valence-corrected chi connectivity index (χ0v) is 17.2. The highest BCUT2D eigenvalue weighted by Crippen LogP contribution is 2.20. The second-order valence-electron chi connectivity index (χ2n) is 7.24. The molecule has 0 aliphatic carbocycles. The molecule has 3 aromatic heterocycles. The number of para-hydroxylation sites is 1. The van der Waals surface area contributed by atoms with Gasteiger partial charge in [-0.25, -0.2) is 14.2 Å². The molecule has 1 amide bonds. The summed E-state index contributed by atoms with van der Waals surface area (Å²) < 4.78 is 3.50. The minimum Gasteiger partial charge on any atom is -0.334 e. The third kappa shape index (κ3) is 3.37. The zero-order valence-electron chi connectivity index (χ0n) is 17.2. The number of amides is 1. The minimum absolute atomic E-state index is 0.138. The molecule has 0 fully saturated rings. The van der Waals surface area contributed by atoms with Crippen molar-refractivity contribution < 1.29 is 4.79 Å². The molecule has 8 nitrogen and oxygen atoms in total. The van der Waals surface area contributed by atoms with E-state index in [1.54, 1.807) is 16.5 Å². The van der Waals surface area contributed by atoms with Crippen LogP contribution in [0.1, 0.15) is 39.0 Å². The molecule has 0 bridgehead atoms. The lowest BCUT2D eigenvalue weighted by molar-refractivity contribution is 0.0773. The predicted octanol–water partition coefficient (Wildman–Crippen LogP) is 2.82. The summed E-state index contributed by atoms with van der Waals surface area (Å²) in [5.74, 6) is 0.321. The van der Waals surface area contributed by atoms with E-state index in [-0.39, 0.29) is 11.7 Å². The lowest BCUT2D eigenvalue weighted by Crippen LogP contribution is -2.27. The van der Waals surface area contributed by atoms with Crippen LogP contribution in [0.5, 0.6) is 0 Å². The summed E-state index contributed by atoms with van der Waals surface area (Å²) in [6.45, 7) is 8.20. The van der Waals surface area contributed by atoms with E-state index >= 15 is 0 Å². The molecular weight excluding hydrogens is 366 g/mol. The van der Waals surface area contributed by atoms with E-state index in [1.807, 2.05) is 68.8 Å². The lowest BCUT2D eigenvalue weighted by atomic mass is 10.2. The van der Waals surface area contributed by atoms with E-state index in [9.17, 15) is 4.79 Å². The van der Waals surface area contributed by atoms with Crippen molar-refractivity contribution in [2.75, 3.05) is 7.05 Å². The standard InChI is InChI=1S/C21H23N7O/c1-13-11-14(2)27-21(22-13)23-19(25-27)20(29)26(5)12-18-15(3)24-28(16(18)4)17-9-7-6-8-10-17/h6-11H,12H2,1-5H3. The molecule has 148 valence electrons. The molecule has 0 N–H and O–H groups in total. The van der Waals surface area contributed by atoms with Gasteiger partial charge in [-0.2, -0.15) is 10.1 Å². The Morgan fingerprint density at radius 2 is 1.76 bits per heavy atom. The molecule has 0 unspecified atom stereocenters. The number of aromatic nitrogens is 6. The quantitative estimate of drug-likeness (QED) is 0.536. The Morgan fingerprint density at radius 3 is 2.48 bits per heavy atom. The summed E-state index contributed by atoms with van der Waals surface area (Å²) in [5.41, 5.74) is 5.63. The molecule has 4 aromatic rings. The Kier molecular flexibility index (Phi) is 4.62. The van der Waals surface area contributed by atoms with Gasteiger partial charge in [-0.3, -0.25) is 4.79 Å². The Hall–Kier alpha value is -3.55. The monoisotopic (exact) mass is 389 g/mol. The molecule has 0 aliphatic heterocycles. The maximum Gasteiger partial charge on any atom is 0.293 e. The van der Waals surface area contributed by atoms with Crippen molar-refractivity contribution in [2.24, 2.45) is 0 Å². The fourth-order valence-electron chi connectivity index (χ4n) is 3.46. The van der Waals surface area contributed by atoms with Crippen LogP contribution in [0.25, 0.3) is 11.5 Å². The average Bonchev–Trinajstić information content (AvgIpc) is 3.24. The van der Waals surface area contributed by atoms with Crippen LogP contribution in [0.15, 0.2) is 36.4 Å². The molecule has 1 aromatic carbocycles. The molecule has 0 saturated carbocycles. The van der Waals surface area contributed by atoms with E-state index in [2.05, 4.69) is 20.2 Å². The van der Waals surface area contributed by atoms with E-state index in [1.165, 1.54) is 0 Å². The second kappa shape index (κ2) is 7.12. The van der Waals surface area contributed by atoms with Crippen molar-refractivity contribution in [3.05, 3.63) is 70.6 Å². The number of fused-ring (bicyclic) bond motifs is 1. The van der Waals surface area contributed by atoms with Gasteiger partial charge in [0.1, 0.15) is 0 Å². The van der Waals surface area contributed by atoms with Crippen LogP contribution in [-0.4, -0.2) is 47.2 Å². The largest absolute Gasteiger partial charge is 0.334 e. The molecule has 0 aliphatic rings. The van der Waals surface area contributed by atoms with Crippen molar-refractivity contribution in [3.8, 4) is 5.69 Å². The molecule has 0 radical (unpaired) electrons. The minimum atomic E-state index is -0.251. The molecule has 4 rings (SSSR count). The van der Waals surface area contributed by atoms with Gasteiger partial charge in [0.05, 0.1) is 11.4 Å². The van der Waals surface area contributed by atoms with Crippen LogP contribution < -0.4 is 0 Å².